The smallest absolute Gasteiger partial charge is 0.0394 e. The molecule has 0 spiro atoms. The molecule has 0 bridgehead atoms. The van der Waals surface area contributed by atoms with Gasteiger partial charge in [-0.15, -0.1) is 0 Å². The van der Waals surface area contributed by atoms with Crippen LogP contribution in [0.15, 0.2) is 78.9 Å². The van der Waals surface area contributed by atoms with Gasteiger partial charge >= 0.3 is 0 Å². The van der Waals surface area contributed by atoms with Gasteiger partial charge < -0.3 is 5.73 Å². The fourth-order valence-corrected chi connectivity index (χ4v) is 3.06. The second-order valence-electron chi connectivity index (χ2n) is 5.69. The topological polar surface area (TPSA) is 26.0 Å². The first-order valence-corrected chi connectivity index (χ1v) is 7.76. The number of benzene rings is 4. The third-order valence-electron chi connectivity index (χ3n) is 4.24. The number of hydrogen-bond acceptors (Lipinski definition) is 1. The summed E-state index contributed by atoms with van der Waals surface area (Å²) in [7, 11) is 0. The Morgan fingerprint density at radius 3 is 2.17 bits per heavy atom. The van der Waals surface area contributed by atoms with E-state index in [0.717, 1.165) is 11.3 Å². The monoisotopic (exact) mass is 295 g/mol. The average Bonchev–Trinajstić information content (AvgIpc) is 2.61. The van der Waals surface area contributed by atoms with Crippen LogP contribution in [0.25, 0.3) is 33.7 Å². The fraction of sp³-hybridized carbons (Fsp3) is 0. The molecule has 4 aromatic carbocycles. The van der Waals surface area contributed by atoms with Crippen molar-refractivity contribution in [3.63, 3.8) is 0 Å². The van der Waals surface area contributed by atoms with Crippen molar-refractivity contribution >= 4 is 39.4 Å². The van der Waals surface area contributed by atoms with Gasteiger partial charge in [0.1, 0.15) is 0 Å². The van der Waals surface area contributed by atoms with Crippen molar-refractivity contribution in [2.24, 2.45) is 0 Å². The molecule has 23 heavy (non-hydrogen) atoms. The Balaban J connectivity index is 1.93. The molecule has 0 heterocycles. The molecule has 0 aromatic heterocycles. The molecule has 0 unspecified atom stereocenters. The molecule has 0 aliphatic rings. The average molecular weight is 295 g/mol. The van der Waals surface area contributed by atoms with Crippen LogP contribution in [0.5, 0.6) is 0 Å². The van der Waals surface area contributed by atoms with Gasteiger partial charge in [-0.05, 0) is 33.2 Å². The van der Waals surface area contributed by atoms with Gasteiger partial charge in [0.15, 0.2) is 0 Å². The Kier molecular flexibility index (Phi) is 3.32. The van der Waals surface area contributed by atoms with Gasteiger partial charge in [0.05, 0.1) is 0 Å². The van der Waals surface area contributed by atoms with Gasteiger partial charge in [-0.2, -0.15) is 0 Å². The number of anilines is 1. The van der Waals surface area contributed by atoms with Crippen molar-refractivity contribution in [2.75, 3.05) is 5.73 Å². The molecule has 4 rings (SSSR count). The van der Waals surface area contributed by atoms with Crippen molar-refractivity contribution in [3.8, 4) is 0 Å². The van der Waals surface area contributed by atoms with E-state index in [9.17, 15) is 0 Å². The zero-order valence-corrected chi connectivity index (χ0v) is 12.7. The molecule has 0 atom stereocenters. The van der Waals surface area contributed by atoms with Gasteiger partial charge in [-0.25, -0.2) is 0 Å². The summed E-state index contributed by atoms with van der Waals surface area (Å²) in [5, 5.41) is 4.95. The van der Waals surface area contributed by atoms with Crippen LogP contribution in [0.2, 0.25) is 0 Å². The zero-order chi connectivity index (χ0) is 15.6. The van der Waals surface area contributed by atoms with E-state index in [1.54, 1.807) is 0 Å². The summed E-state index contributed by atoms with van der Waals surface area (Å²) >= 11 is 0. The van der Waals surface area contributed by atoms with Crippen LogP contribution < -0.4 is 5.73 Å². The first kappa shape index (κ1) is 13.6. The second-order valence-corrected chi connectivity index (χ2v) is 5.69. The van der Waals surface area contributed by atoms with Crippen molar-refractivity contribution in [1.29, 1.82) is 0 Å². The first-order valence-electron chi connectivity index (χ1n) is 7.76. The lowest BCUT2D eigenvalue weighted by Crippen LogP contribution is -1.91. The summed E-state index contributed by atoms with van der Waals surface area (Å²) in [4.78, 5) is 0. The van der Waals surface area contributed by atoms with Gasteiger partial charge in [0.25, 0.3) is 0 Å². The number of fused-ring (bicyclic) bond motifs is 3. The van der Waals surface area contributed by atoms with E-state index < -0.39 is 0 Å². The minimum Gasteiger partial charge on any atom is -0.398 e. The largest absolute Gasteiger partial charge is 0.398 e. The van der Waals surface area contributed by atoms with Crippen molar-refractivity contribution < 1.29 is 0 Å². The standard InChI is InChI=1S/C22H17N/c23-22-15-14-19-18-9-5-4-8-17(18)11-13-20(19)21(22)12-10-16-6-2-1-3-7-16/h1-15H,23H2. The van der Waals surface area contributed by atoms with E-state index in [2.05, 4.69) is 66.7 Å². The highest BCUT2D eigenvalue weighted by Gasteiger charge is 2.06. The van der Waals surface area contributed by atoms with Crippen LogP contribution in [-0.2, 0) is 0 Å². The molecule has 0 aliphatic heterocycles. The summed E-state index contributed by atoms with van der Waals surface area (Å²) in [5.41, 5.74) is 9.30. The summed E-state index contributed by atoms with van der Waals surface area (Å²) in [5.74, 6) is 0. The van der Waals surface area contributed by atoms with E-state index in [4.69, 9.17) is 5.73 Å². The van der Waals surface area contributed by atoms with Crippen LogP contribution in [0.4, 0.5) is 5.69 Å². The van der Waals surface area contributed by atoms with Gasteiger partial charge in [0, 0.05) is 11.3 Å². The molecule has 1 heteroatoms. The predicted octanol–water partition coefficient (Wildman–Crippen LogP) is 5.75. The quantitative estimate of drug-likeness (QED) is 0.284. The molecule has 0 radical (unpaired) electrons. The minimum absolute atomic E-state index is 0.806. The van der Waals surface area contributed by atoms with Crippen LogP contribution in [0.3, 0.4) is 0 Å². The van der Waals surface area contributed by atoms with Gasteiger partial charge in [-0.3, -0.25) is 0 Å². The SMILES string of the molecule is Nc1ccc2c(ccc3ccccc32)c1C=Cc1ccccc1. The fourth-order valence-electron chi connectivity index (χ4n) is 3.06. The maximum absolute atomic E-state index is 6.24. The van der Waals surface area contributed by atoms with Crippen LogP contribution >= 0.6 is 0 Å². The van der Waals surface area contributed by atoms with E-state index >= 15 is 0 Å². The van der Waals surface area contributed by atoms with Crippen molar-refractivity contribution in [2.45, 2.75) is 0 Å². The lowest BCUT2D eigenvalue weighted by Gasteiger charge is -2.09. The van der Waals surface area contributed by atoms with E-state index in [0.29, 0.717) is 0 Å². The molecule has 1 nitrogen and oxygen atoms in total. The maximum Gasteiger partial charge on any atom is 0.0394 e. The second kappa shape index (κ2) is 5.62. The van der Waals surface area contributed by atoms with Crippen molar-refractivity contribution in [1.82, 2.24) is 0 Å². The van der Waals surface area contributed by atoms with Gasteiger partial charge in [0.2, 0.25) is 0 Å². The lowest BCUT2D eigenvalue weighted by molar-refractivity contribution is 1.66. The highest BCUT2D eigenvalue weighted by molar-refractivity contribution is 6.11. The maximum atomic E-state index is 6.24. The Hall–Kier alpha value is -3.06. The van der Waals surface area contributed by atoms with Crippen molar-refractivity contribution in [3.05, 3.63) is 90.0 Å². The third-order valence-corrected chi connectivity index (χ3v) is 4.24. The Labute approximate surface area is 135 Å². The molecule has 0 saturated heterocycles. The van der Waals surface area contributed by atoms with Gasteiger partial charge in [-0.1, -0.05) is 84.9 Å². The van der Waals surface area contributed by atoms with E-state index in [1.807, 2.05) is 24.3 Å². The Morgan fingerprint density at radius 2 is 1.30 bits per heavy atom. The molecule has 4 aromatic rings. The molecule has 0 saturated carbocycles. The summed E-state index contributed by atoms with van der Waals surface area (Å²) in [6, 6.07) is 27.2. The lowest BCUT2D eigenvalue weighted by atomic mass is 9.96. The molecular weight excluding hydrogens is 278 g/mol. The number of nitrogens with two attached hydrogens (primary N) is 1. The zero-order valence-electron chi connectivity index (χ0n) is 12.7. The molecule has 0 amide bonds. The highest BCUT2D eigenvalue weighted by Crippen LogP contribution is 2.31. The molecule has 110 valence electrons. The Morgan fingerprint density at radius 1 is 0.565 bits per heavy atom. The predicted molar refractivity (Wildman–Crippen MR) is 101 cm³/mol. The van der Waals surface area contributed by atoms with Crippen LogP contribution in [-0.4, -0.2) is 0 Å². The number of rotatable bonds is 2. The molecular formula is C22H17N. The molecule has 2 N–H and O–H groups in total. The number of hydrogen-bond donors (Lipinski definition) is 1. The summed E-state index contributed by atoms with van der Waals surface area (Å²) in [6.07, 6.45) is 4.22. The highest BCUT2D eigenvalue weighted by atomic mass is 14.6. The van der Waals surface area contributed by atoms with E-state index in [-0.39, 0.29) is 0 Å². The van der Waals surface area contributed by atoms with Crippen LogP contribution in [0, 0.1) is 0 Å². The molecule has 0 fully saturated rings. The first-order chi connectivity index (χ1) is 11.3. The third kappa shape index (κ3) is 2.47. The molecule has 0 aliphatic carbocycles. The van der Waals surface area contributed by atoms with E-state index in [1.165, 1.54) is 27.1 Å². The number of nitrogen functional groups attached to an aromatic ring is 1. The Bertz CT molecular complexity index is 1010. The summed E-state index contributed by atoms with van der Waals surface area (Å²) < 4.78 is 0. The summed E-state index contributed by atoms with van der Waals surface area (Å²) in [6.45, 7) is 0. The minimum atomic E-state index is 0.806. The normalized spacial score (nSPS) is 11.5. The van der Waals surface area contributed by atoms with Crippen LogP contribution in [0.1, 0.15) is 11.1 Å².